The van der Waals surface area contributed by atoms with Crippen LogP contribution < -0.4 is 5.73 Å². The van der Waals surface area contributed by atoms with Gasteiger partial charge in [0.1, 0.15) is 5.82 Å². The molecule has 0 fully saturated rings. The Labute approximate surface area is 109 Å². The van der Waals surface area contributed by atoms with E-state index < -0.39 is 0 Å². The Bertz CT molecular complexity index is 466. The molecular weight excluding hydrogens is 311 g/mol. The highest BCUT2D eigenvalue weighted by Gasteiger charge is 1.97. The van der Waals surface area contributed by atoms with E-state index in [9.17, 15) is 0 Å². The maximum atomic E-state index is 5.64. The lowest BCUT2D eigenvalue weighted by molar-refractivity contribution is 0.956. The molecule has 2 aromatic rings. The van der Waals surface area contributed by atoms with Gasteiger partial charge in [-0.1, -0.05) is 12.1 Å². The van der Waals surface area contributed by atoms with Crippen molar-refractivity contribution in [2.45, 2.75) is 12.8 Å². The zero-order chi connectivity index (χ0) is 11.4. The Morgan fingerprint density at radius 3 is 2.38 bits per heavy atom. The molecule has 3 heteroatoms. The number of benzene rings is 1. The van der Waals surface area contributed by atoms with Gasteiger partial charge in [-0.3, -0.25) is 0 Å². The number of nitrogens with zero attached hydrogens (tertiary/aromatic N) is 1. The second kappa shape index (κ2) is 5.30. The zero-order valence-electron chi connectivity index (χ0n) is 8.86. The van der Waals surface area contributed by atoms with Crippen molar-refractivity contribution in [1.29, 1.82) is 0 Å². The van der Waals surface area contributed by atoms with E-state index in [1.54, 1.807) is 6.20 Å². The van der Waals surface area contributed by atoms with Gasteiger partial charge in [0.25, 0.3) is 0 Å². The number of nitrogens with two attached hydrogens (primary N) is 1. The van der Waals surface area contributed by atoms with Crippen LogP contribution in [0.25, 0.3) is 0 Å². The van der Waals surface area contributed by atoms with Crippen LogP contribution in [-0.2, 0) is 12.8 Å². The third kappa shape index (κ3) is 3.20. The van der Waals surface area contributed by atoms with Crippen LogP contribution >= 0.6 is 22.6 Å². The summed E-state index contributed by atoms with van der Waals surface area (Å²) in [6.45, 7) is 0. The molecule has 2 rings (SSSR count). The van der Waals surface area contributed by atoms with Crippen LogP contribution in [0, 0.1) is 3.57 Å². The molecule has 0 bridgehead atoms. The van der Waals surface area contributed by atoms with Crippen LogP contribution in [0.3, 0.4) is 0 Å². The van der Waals surface area contributed by atoms with Gasteiger partial charge in [0.15, 0.2) is 0 Å². The van der Waals surface area contributed by atoms with Gasteiger partial charge in [0.05, 0.1) is 0 Å². The molecule has 82 valence electrons. The van der Waals surface area contributed by atoms with Crippen LogP contribution in [0.15, 0.2) is 42.6 Å². The largest absolute Gasteiger partial charge is 0.384 e. The smallest absolute Gasteiger partial charge is 0.123 e. The minimum absolute atomic E-state index is 0.597. The van der Waals surface area contributed by atoms with Crippen LogP contribution in [0.1, 0.15) is 11.1 Å². The number of rotatable bonds is 3. The standard InChI is InChI=1S/C13H13IN2/c14-12-5-3-10(4-6-12)1-2-11-7-8-16-13(15)9-11/h3-9H,1-2H2,(H2,15,16). The van der Waals surface area contributed by atoms with E-state index in [4.69, 9.17) is 5.73 Å². The predicted octanol–water partition coefficient (Wildman–Crippen LogP) is 3.05. The summed E-state index contributed by atoms with van der Waals surface area (Å²) in [6.07, 6.45) is 3.81. The van der Waals surface area contributed by atoms with Gasteiger partial charge in [0, 0.05) is 9.77 Å². The summed E-state index contributed by atoms with van der Waals surface area (Å²) in [5, 5.41) is 0. The summed E-state index contributed by atoms with van der Waals surface area (Å²) < 4.78 is 1.27. The third-order valence-corrected chi connectivity index (χ3v) is 3.18. The normalized spacial score (nSPS) is 10.3. The number of hydrogen-bond acceptors (Lipinski definition) is 2. The van der Waals surface area contributed by atoms with E-state index in [0.717, 1.165) is 12.8 Å². The molecule has 0 aliphatic carbocycles. The summed E-state index contributed by atoms with van der Waals surface area (Å²) in [6, 6.07) is 12.6. The maximum Gasteiger partial charge on any atom is 0.123 e. The summed E-state index contributed by atoms with van der Waals surface area (Å²) in [5.41, 5.74) is 8.23. The van der Waals surface area contributed by atoms with Crippen LogP contribution in [-0.4, -0.2) is 4.98 Å². The van der Waals surface area contributed by atoms with Gasteiger partial charge >= 0.3 is 0 Å². The van der Waals surface area contributed by atoms with Gasteiger partial charge in [-0.25, -0.2) is 4.98 Å². The highest BCUT2D eigenvalue weighted by Crippen LogP contribution is 2.11. The molecule has 1 aromatic heterocycles. The molecule has 0 saturated carbocycles. The SMILES string of the molecule is Nc1cc(CCc2ccc(I)cc2)ccn1. The fraction of sp³-hybridized carbons (Fsp3) is 0.154. The molecule has 0 saturated heterocycles. The maximum absolute atomic E-state index is 5.64. The van der Waals surface area contributed by atoms with E-state index >= 15 is 0 Å². The second-order valence-electron chi connectivity index (χ2n) is 3.72. The first-order valence-corrected chi connectivity index (χ1v) is 6.27. The van der Waals surface area contributed by atoms with Crippen LogP contribution in [0.4, 0.5) is 5.82 Å². The lowest BCUT2D eigenvalue weighted by Crippen LogP contribution is -1.95. The highest BCUT2D eigenvalue weighted by atomic mass is 127. The van der Waals surface area contributed by atoms with E-state index in [2.05, 4.69) is 51.8 Å². The molecule has 0 amide bonds. The number of nitrogen functional groups attached to an aromatic ring is 1. The fourth-order valence-electron chi connectivity index (χ4n) is 1.59. The molecule has 2 N–H and O–H groups in total. The lowest BCUT2D eigenvalue weighted by Gasteiger charge is -2.03. The number of halogens is 1. The van der Waals surface area contributed by atoms with Crippen molar-refractivity contribution in [3.8, 4) is 0 Å². The molecule has 0 aliphatic rings. The number of anilines is 1. The first-order valence-electron chi connectivity index (χ1n) is 5.19. The minimum atomic E-state index is 0.597. The van der Waals surface area contributed by atoms with Crippen molar-refractivity contribution in [3.05, 3.63) is 57.3 Å². The molecule has 0 aliphatic heterocycles. The minimum Gasteiger partial charge on any atom is -0.384 e. The van der Waals surface area contributed by atoms with Gasteiger partial charge in [-0.05, 0) is 70.8 Å². The molecule has 0 unspecified atom stereocenters. The van der Waals surface area contributed by atoms with Crippen LogP contribution in [0.5, 0.6) is 0 Å². The van der Waals surface area contributed by atoms with Crippen LogP contribution in [0.2, 0.25) is 0 Å². The fourth-order valence-corrected chi connectivity index (χ4v) is 1.95. The Morgan fingerprint density at radius 1 is 1.00 bits per heavy atom. The molecular formula is C13H13IN2. The zero-order valence-corrected chi connectivity index (χ0v) is 11.0. The van der Waals surface area contributed by atoms with Gasteiger partial charge < -0.3 is 5.73 Å². The molecule has 1 heterocycles. The quantitative estimate of drug-likeness (QED) is 0.882. The molecule has 0 radical (unpaired) electrons. The number of pyridine rings is 1. The van der Waals surface area contributed by atoms with E-state index in [-0.39, 0.29) is 0 Å². The Morgan fingerprint density at radius 2 is 1.69 bits per heavy atom. The third-order valence-electron chi connectivity index (χ3n) is 2.46. The van der Waals surface area contributed by atoms with Crippen molar-refractivity contribution < 1.29 is 0 Å². The number of hydrogen-bond donors (Lipinski definition) is 1. The van der Waals surface area contributed by atoms with Gasteiger partial charge in [-0.15, -0.1) is 0 Å². The average Bonchev–Trinajstić information content (AvgIpc) is 2.28. The van der Waals surface area contributed by atoms with Gasteiger partial charge in [-0.2, -0.15) is 0 Å². The average molecular weight is 324 g/mol. The van der Waals surface area contributed by atoms with Crippen molar-refractivity contribution in [2.75, 3.05) is 5.73 Å². The van der Waals surface area contributed by atoms with E-state index in [1.807, 2.05) is 12.1 Å². The summed E-state index contributed by atoms with van der Waals surface area (Å²) in [7, 11) is 0. The van der Waals surface area contributed by atoms with E-state index in [0.29, 0.717) is 5.82 Å². The lowest BCUT2D eigenvalue weighted by atomic mass is 10.1. The van der Waals surface area contributed by atoms with Crippen molar-refractivity contribution in [1.82, 2.24) is 4.98 Å². The number of aromatic nitrogens is 1. The van der Waals surface area contributed by atoms with Gasteiger partial charge in [0.2, 0.25) is 0 Å². The molecule has 16 heavy (non-hydrogen) atoms. The molecule has 0 spiro atoms. The molecule has 1 aromatic carbocycles. The Kier molecular flexibility index (Phi) is 3.77. The van der Waals surface area contributed by atoms with Crippen molar-refractivity contribution >= 4 is 28.4 Å². The first kappa shape index (κ1) is 11.4. The molecule has 2 nitrogen and oxygen atoms in total. The van der Waals surface area contributed by atoms with Crippen molar-refractivity contribution in [2.24, 2.45) is 0 Å². The highest BCUT2D eigenvalue weighted by molar-refractivity contribution is 14.1. The summed E-state index contributed by atoms with van der Waals surface area (Å²) in [5.74, 6) is 0.597. The van der Waals surface area contributed by atoms with Crippen molar-refractivity contribution in [3.63, 3.8) is 0 Å². The first-order chi connectivity index (χ1) is 7.74. The predicted molar refractivity (Wildman–Crippen MR) is 75.2 cm³/mol. The summed E-state index contributed by atoms with van der Waals surface area (Å²) >= 11 is 2.32. The molecule has 0 atom stereocenters. The Balaban J connectivity index is 1.99. The Hall–Kier alpha value is -1.10. The number of aryl methyl sites for hydroxylation is 2. The topological polar surface area (TPSA) is 38.9 Å². The van der Waals surface area contributed by atoms with E-state index in [1.165, 1.54) is 14.7 Å². The summed E-state index contributed by atoms with van der Waals surface area (Å²) in [4.78, 5) is 3.98. The monoisotopic (exact) mass is 324 g/mol. The second-order valence-corrected chi connectivity index (χ2v) is 4.96.